The molecule has 0 bridgehead atoms. The minimum Gasteiger partial charge on any atom is -0.438 e. The zero-order chi connectivity index (χ0) is 20.0. The van der Waals surface area contributed by atoms with Crippen LogP contribution in [-0.2, 0) is 14.1 Å². The maximum absolute atomic E-state index is 13.0. The van der Waals surface area contributed by atoms with Crippen molar-refractivity contribution in [2.24, 2.45) is 14.1 Å². The number of anilines is 1. The van der Waals surface area contributed by atoms with Crippen molar-refractivity contribution in [3.8, 4) is 11.6 Å². The first-order valence-electron chi connectivity index (χ1n) is 8.46. The van der Waals surface area contributed by atoms with Gasteiger partial charge in [0.2, 0.25) is 5.88 Å². The standard InChI is InChI=1S/C19H16N4O5/c1-21-17(24)15-16(11-7-9-12(10-8-11)23(26)27)20-13-5-3-4-6-14(13)28-18(15)22(2)19(21)25/h3-10,16,20H,1-2H3. The Kier molecular flexibility index (Phi) is 3.99. The van der Waals surface area contributed by atoms with E-state index >= 15 is 0 Å². The summed E-state index contributed by atoms with van der Waals surface area (Å²) in [6, 6.07) is 12.4. The van der Waals surface area contributed by atoms with Crippen LogP contribution in [0.1, 0.15) is 17.2 Å². The average Bonchev–Trinajstić information content (AvgIpc) is 2.88. The van der Waals surface area contributed by atoms with Gasteiger partial charge in [0.15, 0.2) is 5.75 Å². The Morgan fingerprint density at radius 3 is 2.39 bits per heavy atom. The quantitative estimate of drug-likeness (QED) is 0.540. The monoisotopic (exact) mass is 380 g/mol. The second kappa shape index (κ2) is 6.38. The molecule has 0 spiro atoms. The summed E-state index contributed by atoms with van der Waals surface area (Å²) in [5, 5.41) is 14.2. The Bertz CT molecular complexity index is 1210. The van der Waals surface area contributed by atoms with E-state index in [-0.39, 0.29) is 17.1 Å². The number of hydrogen-bond acceptors (Lipinski definition) is 6. The molecule has 142 valence electrons. The molecule has 1 N–H and O–H groups in total. The highest BCUT2D eigenvalue weighted by Crippen LogP contribution is 2.40. The lowest BCUT2D eigenvalue weighted by atomic mass is 9.99. The smallest absolute Gasteiger partial charge is 0.333 e. The molecule has 3 aromatic rings. The number of nitrogens with one attached hydrogen (secondary N) is 1. The van der Waals surface area contributed by atoms with Gasteiger partial charge in [-0.25, -0.2) is 4.79 Å². The predicted molar refractivity (Wildman–Crippen MR) is 102 cm³/mol. The van der Waals surface area contributed by atoms with Crippen molar-refractivity contribution in [2.75, 3.05) is 5.32 Å². The maximum Gasteiger partial charge on any atom is 0.333 e. The Morgan fingerprint density at radius 1 is 1.04 bits per heavy atom. The first kappa shape index (κ1) is 17.5. The number of hydrogen-bond donors (Lipinski definition) is 1. The molecular weight excluding hydrogens is 364 g/mol. The van der Waals surface area contributed by atoms with Crippen molar-refractivity contribution >= 4 is 11.4 Å². The van der Waals surface area contributed by atoms with Gasteiger partial charge in [-0.3, -0.25) is 24.0 Å². The van der Waals surface area contributed by atoms with Crippen LogP contribution in [0.3, 0.4) is 0 Å². The molecule has 1 atom stereocenters. The fraction of sp³-hybridized carbons (Fsp3) is 0.158. The molecule has 0 fully saturated rings. The number of benzene rings is 2. The molecule has 0 radical (unpaired) electrons. The first-order chi connectivity index (χ1) is 13.4. The van der Waals surface area contributed by atoms with Gasteiger partial charge in [-0.1, -0.05) is 12.1 Å². The number of nitro groups is 1. The van der Waals surface area contributed by atoms with E-state index in [1.165, 1.54) is 30.8 Å². The van der Waals surface area contributed by atoms with Crippen LogP contribution in [0.25, 0.3) is 0 Å². The van der Waals surface area contributed by atoms with Gasteiger partial charge in [0, 0.05) is 26.2 Å². The van der Waals surface area contributed by atoms with Crippen molar-refractivity contribution in [1.29, 1.82) is 0 Å². The van der Waals surface area contributed by atoms with Crippen molar-refractivity contribution in [2.45, 2.75) is 6.04 Å². The van der Waals surface area contributed by atoms with Gasteiger partial charge < -0.3 is 10.1 Å². The molecule has 0 saturated heterocycles. The van der Waals surface area contributed by atoms with E-state index in [1.807, 2.05) is 6.07 Å². The van der Waals surface area contributed by atoms with Gasteiger partial charge in [0.05, 0.1) is 16.7 Å². The third-order valence-electron chi connectivity index (χ3n) is 4.76. The topological polar surface area (TPSA) is 108 Å². The fourth-order valence-corrected chi connectivity index (χ4v) is 3.27. The summed E-state index contributed by atoms with van der Waals surface area (Å²) in [6.45, 7) is 0. The lowest BCUT2D eigenvalue weighted by Gasteiger charge is -2.20. The van der Waals surface area contributed by atoms with Gasteiger partial charge in [-0.05, 0) is 29.8 Å². The maximum atomic E-state index is 13.0. The molecule has 1 aromatic heterocycles. The van der Waals surface area contributed by atoms with Crippen LogP contribution in [0.4, 0.5) is 11.4 Å². The van der Waals surface area contributed by atoms with Crippen LogP contribution in [-0.4, -0.2) is 14.1 Å². The van der Waals surface area contributed by atoms with Crippen molar-refractivity contribution in [3.05, 3.63) is 90.6 Å². The summed E-state index contributed by atoms with van der Waals surface area (Å²) in [5.74, 6) is 0.602. The number of ether oxygens (including phenoxy) is 1. The number of para-hydroxylation sites is 2. The summed E-state index contributed by atoms with van der Waals surface area (Å²) in [6.07, 6.45) is 0. The summed E-state index contributed by atoms with van der Waals surface area (Å²) < 4.78 is 8.23. The van der Waals surface area contributed by atoms with Gasteiger partial charge in [0.25, 0.3) is 11.2 Å². The molecule has 4 rings (SSSR count). The highest BCUT2D eigenvalue weighted by Gasteiger charge is 2.30. The summed E-state index contributed by atoms with van der Waals surface area (Å²) in [7, 11) is 2.93. The molecule has 9 heteroatoms. The number of fused-ring (bicyclic) bond motifs is 2. The van der Waals surface area contributed by atoms with Gasteiger partial charge >= 0.3 is 5.69 Å². The molecule has 2 aromatic carbocycles. The third-order valence-corrected chi connectivity index (χ3v) is 4.76. The number of rotatable bonds is 2. The number of nitrogens with zero attached hydrogens (tertiary/aromatic N) is 3. The molecule has 1 aliphatic rings. The van der Waals surface area contributed by atoms with Crippen LogP contribution < -0.4 is 21.3 Å². The van der Waals surface area contributed by atoms with E-state index in [0.717, 1.165) is 4.57 Å². The highest BCUT2D eigenvalue weighted by molar-refractivity contribution is 5.63. The van der Waals surface area contributed by atoms with E-state index in [2.05, 4.69) is 5.32 Å². The molecule has 0 aliphatic carbocycles. The lowest BCUT2D eigenvalue weighted by molar-refractivity contribution is -0.384. The van der Waals surface area contributed by atoms with E-state index in [1.54, 1.807) is 30.3 Å². The molecule has 28 heavy (non-hydrogen) atoms. The van der Waals surface area contributed by atoms with E-state index in [4.69, 9.17) is 4.74 Å². The Hall–Kier alpha value is -3.88. The van der Waals surface area contributed by atoms with Crippen molar-refractivity contribution in [1.82, 2.24) is 9.13 Å². The summed E-state index contributed by atoms with van der Waals surface area (Å²) in [4.78, 5) is 35.8. The summed E-state index contributed by atoms with van der Waals surface area (Å²) in [5.41, 5.74) is 0.448. The average molecular weight is 380 g/mol. The first-order valence-corrected chi connectivity index (χ1v) is 8.46. The Balaban J connectivity index is 2.00. The number of non-ortho nitro benzene ring substituents is 1. The number of aromatic nitrogens is 2. The molecule has 0 saturated carbocycles. The predicted octanol–water partition coefficient (Wildman–Crippen LogP) is 2.30. The highest BCUT2D eigenvalue weighted by atomic mass is 16.6. The lowest BCUT2D eigenvalue weighted by Crippen LogP contribution is -2.40. The van der Waals surface area contributed by atoms with Gasteiger partial charge in [0.1, 0.15) is 5.56 Å². The molecule has 9 nitrogen and oxygen atoms in total. The normalized spacial score (nSPS) is 14.9. The molecule has 2 heterocycles. The largest absolute Gasteiger partial charge is 0.438 e. The van der Waals surface area contributed by atoms with Crippen LogP contribution >= 0.6 is 0 Å². The molecular formula is C19H16N4O5. The second-order valence-electron chi connectivity index (χ2n) is 6.45. The van der Waals surface area contributed by atoms with E-state index < -0.39 is 22.2 Å². The zero-order valence-corrected chi connectivity index (χ0v) is 15.1. The van der Waals surface area contributed by atoms with Gasteiger partial charge in [-0.15, -0.1) is 0 Å². The summed E-state index contributed by atoms with van der Waals surface area (Å²) >= 11 is 0. The van der Waals surface area contributed by atoms with Crippen molar-refractivity contribution in [3.63, 3.8) is 0 Å². The second-order valence-corrected chi connectivity index (χ2v) is 6.45. The van der Waals surface area contributed by atoms with Crippen LogP contribution in [0.15, 0.2) is 58.1 Å². The van der Waals surface area contributed by atoms with Crippen molar-refractivity contribution < 1.29 is 9.66 Å². The fourth-order valence-electron chi connectivity index (χ4n) is 3.27. The Morgan fingerprint density at radius 2 is 1.71 bits per heavy atom. The van der Waals surface area contributed by atoms with E-state index in [0.29, 0.717) is 17.0 Å². The molecule has 1 aliphatic heterocycles. The minimum atomic E-state index is -0.662. The Labute approximate surface area is 158 Å². The van der Waals surface area contributed by atoms with E-state index in [9.17, 15) is 19.7 Å². The molecule has 1 unspecified atom stereocenters. The van der Waals surface area contributed by atoms with Gasteiger partial charge in [-0.2, -0.15) is 0 Å². The van der Waals surface area contributed by atoms with Crippen LogP contribution in [0.2, 0.25) is 0 Å². The molecule has 0 amide bonds. The third kappa shape index (κ3) is 2.64. The SMILES string of the molecule is Cn1c2c(c(=O)n(C)c1=O)C(c1ccc([N+](=O)[O-])cc1)Nc1ccccc1O2. The van der Waals surface area contributed by atoms with Crippen LogP contribution in [0, 0.1) is 10.1 Å². The zero-order valence-electron chi connectivity index (χ0n) is 15.1. The van der Waals surface area contributed by atoms with Crippen LogP contribution in [0.5, 0.6) is 11.6 Å². The minimum absolute atomic E-state index is 0.0531. The number of nitro benzene ring substituents is 1.